The Hall–Kier alpha value is -2.01. The third-order valence-corrected chi connectivity index (χ3v) is 4.14. The van der Waals surface area contributed by atoms with E-state index in [9.17, 15) is 4.39 Å². The Morgan fingerprint density at radius 3 is 2.32 bits per heavy atom. The molecular weight excluding hydrogens is 279 g/mol. The SMILES string of the molecule is CCC(c1ccc(F)cc1)c1cnc(N2CCNCC2)nc1. The summed E-state index contributed by atoms with van der Waals surface area (Å²) in [5.41, 5.74) is 2.18. The predicted molar refractivity (Wildman–Crippen MR) is 85.6 cm³/mol. The fourth-order valence-electron chi connectivity index (χ4n) is 2.90. The molecule has 22 heavy (non-hydrogen) atoms. The number of nitrogens with zero attached hydrogens (tertiary/aromatic N) is 3. The van der Waals surface area contributed by atoms with E-state index >= 15 is 0 Å². The maximum absolute atomic E-state index is 13.1. The maximum atomic E-state index is 13.1. The lowest BCUT2D eigenvalue weighted by Gasteiger charge is -2.27. The summed E-state index contributed by atoms with van der Waals surface area (Å²) in [7, 11) is 0. The summed E-state index contributed by atoms with van der Waals surface area (Å²) in [6.45, 7) is 5.94. The van der Waals surface area contributed by atoms with Gasteiger partial charge >= 0.3 is 0 Å². The van der Waals surface area contributed by atoms with Crippen molar-refractivity contribution in [2.24, 2.45) is 0 Å². The number of anilines is 1. The van der Waals surface area contributed by atoms with Gasteiger partial charge < -0.3 is 10.2 Å². The molecule has 4 nitrogen and oxygen atoms in total. The molecule has 5 heteroatoms. The molecule has 1 saturated heterocycles. The van der Waals surface area contributed by atoms with E-state index in [1.54, 1.807) is 0 Å². The Morgan fingerprint density at radius 1 is 1.09 bits per heavy atom. The molecule has 1 fully saturated rings. The Bertz CT molecular complexity index is 591. The van der Waals surface area contributed by atoms with Crippen LogP contribution in [-0.4, -0.2) is 36.1 Å². The topological polar surface area (TPSA) is 41.1 Å². The van der Waals surface area contributed by atoms with Gasteiger partial charge in [-0.05, 0) is 29.7 Å². The van der Waals surface area contributed by atoms with Crippen molar-refractivity contribution in [3.63, 3.8) is 0 Å². The Morgan fingerprint density at radius 2 is 1.73 bits per heavy atom. The smallest absolute Gasteiger partial charge is 0.225 e. The number of hydrogen-bond donors (Lipinski definition) is 1. The maximum Gasteiger partial charge on any atom is 0.225 e. The highest BCUT2D eigenvalue weighted by Gasteiger charge is 2.16. The van der Waals surface area contributed by atoms with Crippen molar-refractivity contribution in [1.29, 1.82) is 0 Å². The molecule has 2 heterocycles. The van der Waals surface area contributed by atoms with E-state index in [0.717, 1.165) is 49.7 Å². The van der Waals surface area contributed by atoms with Gasteiger partial charge in [0, 0.05) is 44.5 Å². The molecule has 1 aromatic carbocycles. The lowest BCUT2D eigenvalue weighted by atomic mass is 9.91. The quantitative estimate of drug-likeness (QED) is 0.942. The molecule has 1 aliphatic rings. The molecule has 1 unspecified atom stereocenters. The van der Waals surface area contributed by atoms with Crippen LogP contribution in [0.15, 0.2) is 36.7 Å². The minimum Gasteiger partial charge on any atom is -0.338 e. The average Bonchev–Trinajstić information content (AvgIpc) is 2.59. The standard InChI is InChI=1S/C17H21FN4/c1-2-16(13-3-5-15(18)6-4-13)14-11-20-17(21-12-14)22-9-7-19-8-10-22/h3-6,11-12,16,19H,2,7-10H2,1H3. The Kier molecular flexibility index (Phi) is 4.63. The van der Waals surface area contributed by atoms with Crippen molar-refractivity contribution < 1.29 is 4.39 Å². The molecule has 3 rings (SSSR count). The van der Waals surface area contributed by atoms with Crippen molar-refractivity contribution in [3.8, 4) is 0 Å². The van der Waals surface area contributed by atoms with Crippen LogP contribution in [-0.2, 0) is 0 Å². The van der Waals surface area contributed by atoms with Crippen LogP contribution in [0.25, 0.3) is 0 Å². The highest BCUT2D eigenvalue weighted by molar-refractivity contribution is 5.35. The molecule has 1 aliphatic heterocycles. The van der Waals surface area contributed by atoms with Crippen LogP contribution >= 0.6 is 0 Å². The van der Waals surface area contributed by atoms with Crippen LogP contribution in [0, 0.1) is 5.82 Å². The molecule has 0 bridgehead atoms. The van der Waals surface area contributed by atoms with E-state index < -0.39 is 0 Å². The minimum atomic E-state index is -0.205. The summed E-state index contributed by atoms with van der Waals surface area (Å²) < 4.78 is 13.1. The normalized spacial score (nSPS) is 16.5. The van der Waals surface area contributed by atoms with Gasteiger partial charge in [-0.3, -0.25) is 0 Å². The monoisotopic (exact) mass is 300 g/mol. The third-order valence-electron chi connectivity index (χ3n) is 4.14. The first-order valence-corrected chi connectivity index (χ1v) is 7.81. The molecule has 2 aromatic rings. The zero-order valence-electron chi connectivity index (χ0n) is 12.8. The van der Waals surface area contributed by atoms with Gasteiger partial charge in [0.1, 0.15) is 5.82 Å². The second-order valence-electron chi connectivity index (χ2n) is 5.57. The van der Waals surface area contributed by atoms with Gasteiger partial charge in [0.15, 0.2) is 0 Å². The summed E-state index contributed by atoms with van der Waals surface area (Å²) in [4.78, 5) is 11.2. The number of rotatable bonds is 4. The van der Waals surface area contributed by atoms with Crippen LogP contribution < -0.4 is 10.2 Å². The molecule has 0 aliphatic carbocycles. The summed E-state index contributed by atoms with van der Waals surface area (Å²) in [5.74, 6) is 0.792. The van der Waals surface area contributed by atoms with Crippen molar-refractivity contribution in [1.82, 2.24) is 15.3 Å². The first-order chi connectivity index (χ1) is 10.8. The molecular formula is C17H21FN4. The van der Waals surface area contributed by atoms with E-state index in [1.807, 2.05) is 24.5 Å². The van der Waals surface area contributed by atoms with E-state index in [0.29, 0.717) is 0 Å². The van der Waals surface area contributed by atoms with Crippen molar-refractivity contribution >= 4 is 5.95 Å². The number of aromatic nitrogens is 2. The lowest BCUT2D eigenvalue weighted by molar-refractivity contribution is 0.579. The highest BCUT2D eigenvalue weighted by atomic mass is 19.1. The highest BCUT2D eigenvalue weighted by Crippen LogP contribution is 2.27. The summed E-state index contributed by atoms with van der Waals surface area (Å²) >= 11 is 0. The van der Waals surface area contributed by atoms with E-state index in [2.05, 4.69) is 27.1 Å². The van der Waals surface area contributed by atoms with E-state index in [-0.39, 0.29) is 11.7 Å². The lowest BCUT2D eigenvalue weighted by Crippen LogP contribution is -2.44. The second-order valence-corrected chi connectivity index (χ2v) is 5.57. The Labute approximate surface area is 130 Å². The van der Waals surface area contributed by atoms with Gasteiger partial charge in [-0.25, -0.2) is 14.4 Å². The summed E-state index contributed by atoms with van der Waals surface area (Å²) in [6.07, 6.45) is 4.74. The molecule has 0 amide bonds. The number of piperazine rings is 1. The largest absolute Gasteiger partial charge is 0.338 e. The van der Waals surface area contributed by atoms with Crippen molar-refractivity contribution in [2.45, 2.75) is 19.3 Å². The first kappa shape index (κ1) is 14.9. The molecule has 116 valence electrons. The summed E-state index contributed by atoms with van der Waals surface area (Å²) in [5, 5.41) is 3.32. The van der Waals surface area contributed by atoms with Gasteiger partial charge in [-0.15, -0.1) is 0 Å². The molecule has 0 spiro atoms. The van der Waals surface area contributed by atoms with Crippen LogP contribution in [0.2, 0.25) is 0 Å². The van der Waals surface area contributed by atoms with E-state index in [4.69, 9.17) is 0 Å². The minimum absolute atomic E-state index is 0.205. The zero-order chi connectivity index (χ0) is 15.4. The van der Waals surface area contributed by atoms with Gasteiger partial charge in [-0.2, -0.15) is 0 Å². The fraction of sp³-hybridized carbons (Fsp3) is 0.412. The predicted octanol–water partition coefficient (Wildman–Crippen LogP) is 2.57. The van der Waals surface area contributed by atoms with Gasteiger partial charge in [0.2, 0.25) is 5.95 Å². The van der Waals surface area contributed by atoms with Crippen molar-refractivity contribution in [2.75, 3.05) is 31.1 Å². The number of hydrogen-bond acceptors (Lipinski definition) is 4. The van der Waals surface area contributed by atoms with Crippen LogP contribution in [0.1, 0.15) is 30.4 Å². The fourth-order valence-corrected chi connectivity index (χ4v) is 2.90. The average molecular weight is 300 g/mol. The summed E-state index contributed by atoms with van der Waals surface area (Å²) in [6, 6.07) is 6.70. The number of nitrogens with one attached hydrogen (secondary N) is 1. The molecule has 1 N–H and O–H groups in total. The van der Waals surface area contributed by atoms with Gasteiger partial charge in [0.25, 0.3) is 0 Å². The van der Waals surface area contributed by atoms with Gasteiger partial charge in [0.05, 0.1) is 0 Å². The third kappa shape index (κ3) is 3.25. The first-order valence-electron chi connectivity index (χ1n) is 7.81. The van der Waals surface area contributed by atoms with Crippen LogP contribution in [0.3, 0.4) is 0 Å². The van der Waals surface area contributed by atoms with Gasteiger partial charge in [-0.1, -0.05) is 19.1 Å². The second kappa shape index (κ2) is 6.83. The molecule has 1 atom stereocenters. The number of benzene rings is 1. The van der Waals surface area contributed by atoms with Crippen LogP contribution in [0.4, 0.5) is 10.3 Å². The molecule has 0 radical (unpaired) electrons. The van der Waals surface area contributed by atoms with Crippen molar-refractivity contribution in [3.05, 3.63) is 53.6 Å². The molecule has 0 saturated carbocycles. The Balaban J connectivity index is 1.79. The van der Waals surface area contributed by atoms with E-state index in [1.165, 1.54) is 12.1 Å². The zero-order valence-corrected chi connectivity index (χ0v) is 12.8. The molecule has 1 aromatic heterocycles. The number of halogens is 1. The van der Waals surface area contributed by atoms with Crippen LogP contribution in [0.5, 0.6) is 0 Å².